The van der Waals surface area contributed by atoms with E-state index >= 15 is 0 Å². The van der Waals surface area contributed by atoms with E-state index in [9.17, 15) is 13.2 Å². The van der Waals surface area contributed by atoms with Gasteiger partial charge >= 0.3 is 0 Å². The van der Waals surface area contributed by atoms with Gasteiger partial charge in [-0.05, 0) is 55.2 Å². The fourth-order valence-corrected chi connectivity index (χ4v) is 6.66. The number of nitrogens with zero attached hydrogens (tertiary/aromatic N) is 3. The molecule has 0 aliphatic carbocycles. The SMILES string of the molecule is Cc1cc(S(=O)(=O)N2CCCc3ccccc32)ccc1OCC(=O)NCCSc1n[nH]c(-c2ccccc2)n1. The van der Waals surface area contributed by atoms with Gasteiger partial charge in [-0.15, -0.1) is 5.10 Å². The van der Waals surface area contributed by atoms with Gasteiger partial charge in [0.25, 0.3) is 15.9 Å². The van der Waals surface area contributed by atoms with Crippen LogP contribution in [0.4, 0.5) is 5.69 Å². The van der Waals surface area contributed by atoms with Crippen LogP contribution in [0.25, 0.3) is 11.4 Å². The van der Waals surface area contributed by atoms with Gasteiger partial charge in [0.05, 0.1) is 10.6 Å². The summed E-state index contributed by atoms with van der Waals surface area (Å²) in [5.74, 6) is 1.50. The smallest absolute Gasteiger partial charge is 0.264 e. The van der Waals surface area contributed by atoms with Gasteiger partial charge in [-0.2, -0.15) is 0 Å². The number of thioether (sulfide) groups is 1. The Morgan fingerprint density at radius 1 is 1.10 bits per heavy atom. The fourth-order valence-electron chi connectivity index (χ4n) is 4.38. The van der Waals surface area contributed by atoms with Crippen molar-refractivity contribution in [2.24, 2.45) is 0 Å². The summed E-state index contributed by atoms with van der Waals surface area (Å²) in [6.07, 6.45) is 1.64. The maximum atomic E-state index is 13.4. The third kappa shape index (κ3) is 6.26. The van der Waals surface area contributed by atoms with Crippen LogP contribution < -0.4 is 14.4 Å². The minimum Gasteiger partial charge on any atom is -0.484 e. The first kappa shape index (κ1) is 26.8. The highest BCUT2D eigenvalue weighted by Crippen LogP contribution is 2.33. The van der Waals surface area contributed by atoms with E-state index in [4.69, 9.17) is 4.74 Å². The quantitative estimate of drug-likeness (QED) is 0.219. The van der Waals surface area contributed by atoms with E-state index in [-0.39, 0.29) is 17.4 Å². The molecule has 39 heavy (non-hydrogen) atoms. The first-order chi connectivity index (χ1) is 18.9. The van der Waals surface area contributed by atoms with Gasteiger partial charge < -0.3 is 10.1 Å². The molecule has 9 nitrogen and oxygen atoms in total. The van der Waals surface area contributed by atoms with Crippen LogP contribution in [0.15, 0.2) is 82.8 Å². The van der Waals surface area contributed by atoms with Crippen LogP contribution in [0.2, 0.25) is 0 Å². The zero-order valence-corrected chi connectivity index (χ0v) is 23.1. The highest BCUT2D eigenvalue weighted by atomic mass is 32.2. The van der Waals surface area contributed by atoms with E-state index in [2.05, 4.69) is 20.5 Å². The van der Waals surface area contributed by atoms with E-state index in [1.807, 2.05) is 54.6 Å². The molecule has 4 aromatic rings. The summed E-state index contributed by atoms with van der Waals surface area (Å²) in [4.78, 5) is 17.0. The molecule has 0 saturated carbocycles. The number of nitrogens with one attached hydrogen (secondary N) is 2. The number of hydrogen-bond acceptors (Lipinski definition) is 7. The second-order valence-corrected chi connectivity index (χ2v) is 12.0. The van der Waals surface area contributed by atoms with E-state index in [1.165, 1.54) is 22.1 Å². The van der Waals surface area contributed by atoms with E-state index in [1.54, 1.807) is 19.1 Å². The lowest BCUT2D eigenvalue weighted by Gasteiger charge is -2.30. The van der Waals surface area contributed by atoms with Gasteiger partial charge in [-0.1, -0.05) is 60.3 Å². The predicted octanol–water partition coefficient (Wildman–Crippen LogP) is 4.21. The van der Waals surface area contributed by atoms with Crippen LogP contribution in [0.3, 0.4) is 0 Å². The molecule has 11 heteroatoms. The van der Waals surface area contributed by atoms with E-state index in [0.29, 0.717) is 41.1 Å². The van der Waals surface area contributed by atoms with Crippen LogP contribution >= 0.6 is 11.8 Å². The molecule has 2 N–H and O–H groups in total. The fraction of sp³-hybridized carbons (Fsp3) is 0.250. The summed E-state index contributed by atoms with van der Waals surface area (Å²) in [6.45, 7) is 2.47. The zero-order chi connectivity index (χ0) is 27.2. The van der Waals surface area contributed by atoms with Gasteiger partial charge in [0, 0.05) is 24.4 Å². The average molecular weight is 564 g/mol. The van der Waals surface area contributed by atoms with Gasteiger partial charge in [0.2, 0.25) is 5.16 Å². The molecule has 202 valence electrons. The Hall–Kier alpha value is -3.83. The second kappa shape index (κ2) is 11.9. The molecule has 0 radical (unpaired) electrons. The molecule has 1 aromatic heterocycles. The highest BCUT2D eigenvalue weighted by molar-refractivity contribution is 7.99. The highest BCUT2D eigenvalue weighted by Gasteiger charge is 2.29. The van der Waals surface area contributed by atoms with Crippen molar-refractivity contribution in [3.05, 3.63) is 83.9 Å². The van der Waals surface area contributed by atoms with Crippen LogP contribution in [0.5, 0.6) is 5.75 Å². The number of benzene rings is 3. The molecule has 0 bridgehead atoms. The van der Waals surface area contributed by atoms with Crippen molar-refractivity contribution >= 4 is 33.4 Å². The summed E-state index contributed by atoms with van der Waals surface area (Å²) in [5, 5.41) is 10.6. The van der Waals surface area contributed by atoms with Gasteiger partial charge in [-0.25, -0.2) is 13.4 Å². The van der Waals surface area contributed by atoms with Crippen molar-refractivity contribution in [2.45, 2.75) is 29.8 Å². The van der Waals surface area contributed by atoms with Crippen molar-refractivity contribution in [3.8, 4) is 17.1 Å². The zero-order valence-electron chi connectivity index (χ0n) is 21.5. The molecule has 5 rings (SSSR count). The number of H-pyrrole nitrogens is 1. The van der Waals surface area contributed by atoms with Crippen molar-refractivity contribution in [1.82, 2.24) is 20.5 Å². The Kier molecular flexibility index (Phi) is 8.18. The van der Waals surface area contributed by atoms with Crippen molar-refractivity contribution in [3.63, 3.8) is 0 Å². The van der Waals surface area contributed by atoms with E-state index < -0.39 is 10.0 Å². The number of carbonyl (C=O) groups excluding carboxylic acids is 1. The maximum Gasteiger partial charge on any atom is 0.264 e. The molecule has 0 saturated heterocycles. The Morgan fingerprint density at radius 3 is 2.72 bits per heavy atom. The summed E-state index contributed by atoms with van der Waals surface area (Å²) < 4.78 is 34.0. The standard InChI is InChI=1S/C28H29N5O4S2/c1-20-18-23(39(35,36)33-16-7-11-21-8-5-6-12-24(21)33)13-14-25(20)37-19-26(34)29-15-17-38-28-30-27(31-32-28)22-9-3-2-4-10-22/h2-6,8-10,12-14,18H,7,11,15-17,19H2,1H3,(H,29,34)(H,30,31,32). The normalized spacial score (nSPS) is 13.1. The van der Waals surface area contributed by atoms with Crippen LogP contribution in [-0.2, 0) is 21.2 Å². The Bertz CT molecular complexity index is 1560. The Balaban J connectivity index is 1.11. The summed E-state index contributed by atoms with van der Waals surface area (Å²) in [6, 6.07) is 22.1. The second-order valence-electron chi connectivity index (χ2n) is 9.06. The molecule has 1 amide bonds. The molecule has 3 aromatic carbocycles. The number of carbonyl (C=O) groups is 1. The number of aryl methyl sites for hydroxylation is 2. The largest absolute Gasteiger partial charge is 0.484 e. The number of hydrogen-bond donors (Lipinski definition) is 2. The molecule has 0 unspecified atom stereocenters. The van der Waals surface area contributed by atoms with Crippen molar-refractivity contribution < 1.29 is 17.9 Å². The summed E-state index contributed by atoms with van der Waals surface area (Å²) in [5.41, 5.74) is 3.37. The number of ether oxygens (including phenoxy) is 1. The van der Waals surface area contributed by atoms with Crippen LogP contribution in [0, 0.1) is 6.92 Å². The minimum atomic E-state index is -3.71. The molecule has 0 fully saturated rings. The number of aromatic amines is 1. The first-order valence-corrected chi connectivity index (χ1v) is 15.1. The summed E-state index contributed by atoms with van der Waals surface area (Å²) in [7, 11) is -3.71. The molecule has 1 aliphatic heterocycles. The monoisotopic (exact) mass is 563 g/mol. The molecule has 0 spiro atoms. The van der Waals surface area contributed by atoms with E-state index in [0.717, 1.165) is 29.7 Å². The molecular weight excluding hydrogens is 534 g/mol. The molecular formula is C28H29N5O4S2. The maximum absolute atomic E-state index is 13.4. The number of anilines is 1. The first-order valence-electron chi connectivity index (χ1n) is 12.6. The number of fused-ring (bicyclic) bond motifs is 1. The van der Waals surface area contributed by atoms with Crippen molar-refractivity contribution in [1.29, 1.82) is 0 Å². The third-order valence-electron chi connectivity index (χ3n) is 6.33. The van der Waals surface area contributed by atoms with Gasteiger partial charge in [0.1, 0.15) is 5.75 Å². The number of rotatable bonds is 10. The van der Waals surface area contributed by atoms with Gasteiger partial charge in [-0.3, -0.25) is 14.2 Å². The molecule has 1 aliphatic rings. The lowest BCUT2D eigenvalue weighted by molar-refractivity contribution is -0.122. The average Bonchev–Trinajstić information content (AvgIpc) is 3.44. The van der Waals surface area contributed by atoms with Crippen LogP contribution in [0.1, 0.15) is 17.5 Å². The lowest BCUT2D eigenvalue weighted by atomic mass is 10.0. The topological polar surface area (TPSA) is 117 Å². The number of sulfonamides is 1. The lowest BCUT2D eigenvalue weighted by Crippen LogP contribution is -2.35. The number of para-hydroxylation sites is 1. The Morgan fingerprint density at radius 2 is 1.90 bits per heavy atom. The number of amides is 1. The third-order valence-corrected chi connectivity index (χ3v) is 8.99. The predicted molar refractivity (Wildman–Crippen MR) is 152 cm³/mol. The molecule has 2 heterocycles. The molecule has 0 atom stereocenters. The van der Waals surface area contributed by atoms with Gasteiger partial charge in [0.15, 0.2) is 12.4 Å². The summed E-state index contributed by atoms with van der Waals surface area (Å²) >= 11 is 1.44. The van der Waals surface area contributed by atoms with Crippen LogP contribution in [-0.4, -0.2) is 55.0 Å². The van der Waals surface area contributed by atoms with Crippen molar-refractivity contribution in [2.75, 3.05) is 29.8 Å². The Labute approximate surface area is 232 Å². The minimum absolute atomic E-state index is 0.171. The number of aromatic nitrogens is 3.